The van der Waals surface area contributed by atoms with Crippen LogP contribution in [-0.4, -0.2) is 18.0 Å². The largest absolute Gasteiger partial charge is 0.396 e. The Morgan fingerprint density at radius 2 is 2.18 bits per heavy atom. The molecule has 1 aliphatic heterocycles. The second-order valence-electron chi connectivity index (χ2n) is 5.13. The van der Waals surface area contributed by atoms with E-state index < -0.39 is 0 Å². The molecule has 1 aliphatic rings. The topological polar surface area (TPSA) is 29.3 Å². The van der Waals surface area contributed by atoms with Gasteiger partial charge in [0, 0.05) is 12.1 Å². The lowest BCUT2D eigenvalue weighted by atomic mass is 10.0. The van der Waals surface area contributed by atoms with Crippen LogP contribution in [0.15, 0.2) is 18.2 Å². The van der Waals surface area contributed by atoms with Crippen LogP contribution in [0, 0.1) is 11.7 Å². The third kappa shape index (κ3) is 3.19. The summed E-state index contributed by atoms with van der Waals surface area (Å²) in [6, 6.07) is 5.28. The third-order valence-electron chi connectivity index (χ3n) is 3.61. The molecular formula is C14H21FN2. The van der Waals surface area contributed by atoms with Gasteiger partial charge in [0.25, 0.3) is 0 Å². The summed E-state index contributed by atoms with van der Waals surface area (Å²) in [5, 5.41) is 0. The number of nitrogens with two attached hydrogens (primary N) is 1. The van der Waals surface area contributed by atoms with Crippen molar-refractivity contribution < 1.29 is 4.39 Å². The Morgan fingerprint density at radius 1 is 1.35 bits per heavy atom. The number of nitrogens with zero attached hydrogens (tertiary/aromatic N) is 1. The Balaban J connectivity index is 2.02. The van der Waals surface area contributed by atoms with Gasteiger partial charge in [-0.1, -0.05) is 19.1 Å². The number of hydrogen-bond donors (Lipinski definition) is 1. The van der Waals surface area contributed by atoms with Gasteiger partial charge in [0.1, 0.15) is 0 Å². The van der Waals surface area contributed by atoms with Crippen LogP contribution in [0.3, 0.4) is 0 Å². The number of nitrogen functional groups attached to an aromatic ring is 1. The van der Waals surface area contributed by atoms with Crippen LogP contribution in [-0.2, 0) is 6.54 Å². The van der Waals surface area contributed by atoms with Crippen molar-refractivity contribution in [3.05, 3.63) is 29.6 Å². The summed E-state index contributed by atoms with van der Waals surface area (Å²) in [4.78, 5) is 2.33. The van der Waals surface area contributed by atoms with E-state index >= 15 is 0 Å². The fraction of sp³-hybridized carbons (Fsp3) is 0.571. The molecule has 0 saturated carbocycles. The van der Waals surface area contributed by atoms with Gasteiger partial charge in [0.05, 0.1) is 5.69 Å². The molecule has 1 aromatic carbocycles. The Labute approximate surface area is 103 Å². The van der Waals surface area contributed by atoms with Crippen LogP contribution in [0.4, 0.5) is 10.1 Å². The monoisotopic (exact) mass is 236 g/mol. The summed E-state index contributed by atoms with van der Waals surface area (Å²) in [5.74, 6) is 0.551. The summed E-state index contributed by atoms with van der Waals surface area (Å²) in [7, 11) is 0. The minimum absolute atomic E-state index is 0.246. The van der Waals surface area contributed by atoms with Gasteiger partial charge in [-0.15, -0.1) is 0 Å². The number of benzene rings is 1. The Hall–Kier alpha value is -1.09. The zero-order valence-corrected chi connectivity index (χ0v) is 10.5. The maximum Gasteiger partial charge on any atom is 0.150 e. The van der Waals surface area contributed by atoms with E-state index in [4.69, 9.17) is 5.73 Å². The Kier molecular flexibility index (Phi) is 4.00. The second kappa shape index (κ2) is 5.50. The van der Waals surface area contributed by atoms with Gasteiger partial charge >= 0.3 is 0 Å². The first kappa shape index (κ1) is 12.4. The van der Waals surface area contributed by atoms with Gasteiger partial charge in [-0.05, 0) is 44.3 Å². The van der Waals surface area contributed by atoms with Gasteiger partial charge in [-0.25, -0.2) is 4.39 Å². The summed E-state index contributed by atoms with van der Waals surface area (Å²) in [5.41, 5.74) is 6.56. The van der Waals surface area contributed by atoms with E-state index in [2.05, 4.69) is 11.8 Å². The van der Waals surface area contributed by atoms with E-state index in [1.54, 1.807) is 6.07 Å². The quantitative estimate of drug-likeness (QED) is 0.800. The van der Waals surface area contributed by atoms with Crippen molar-refractivity contribution in [3.8, 4) is 0 Å². The lowest BCUT2D eigenvalue weighted by molar-refractivity contribution is 0.270. The molecule has 0 aromatic heterocycles. The van der Waals surface area contributed by atoms with E-state index in [0.29, 0.717) is 6.54 Å². The summed E-state index contributed by atoms with van der Waals surface area (Å²) < 4.78 is 13.8. The minimum Gasteiger partial charge on any atom is -0.396 e. The normalized spacial score (nSPS) is 22.4. The summed E-state index contributed by atoms with van der Waals surface area (Å²) in [6.07, 6.45) is 3.71. The molecular weight excluding hydrogens is 215 g/mol. The lowest BCUT2D eigenvalue weighted by Crippen LogP contribution is -2.24. The molecule has 1 unspecified atom stereocenters. The van der Waals surface area contributed by atoms with Crippen LogP contribution in [0.5, 0.6) is 0 Å². The molecule has 0 amide bonds. The molecule has 3 heteroatoms. The van der Waals surface area contributed by atoms with Crippen molar-refractivity contribution in [2.75, 3.05) is 18.8 Å². The van der Waals surface area contributed by atoms with Crippen molar-refractivity contribution in [1.82, 2.24) is 4.90 Å². The van der Waals surface area contributed by atoms with E-state index in [1.165, 1.54) is 19.3 Å². The highest BCUT2D eigenvalue weighted by atomic mass is 19.1. The summed E-state index contributed by atoms with van der Waals surface area (Å²) >= 11 is 0. The highest BCUT2D eigenvalue weighted by molar-refractivity contribution is 5.42. The van der Waals surface area contributed by atoms with Gasteiger partial charge in [-0.2, -0.15) is 0 Å². The fourth-order valence-electron chi connectivity index (χ4n) is 2.44. The molecule has 17 heavy (non-hydrogen) atoms. The Morgan fingerprint density at radius 3 is 3.00 bits per heavy atom. The minimum atomic E-state index is -0.246. The van der Waals surface area contributed by atoms with Gasteiger partial charge in [-0.3, -0.25) is 4.90 Å². The molecule has 1 atom stereocenters. The molecule has 0 bridgehead atoms. The molecule has 0 aliphatic carbocycles. The van der Waals surface area contributed by atoms with Crippen molar-refractivity contribution in [2.24, 2.45) is 5.92 Å². The maximum atomic E-state index is 13.8. The molecule has 1 saturated heterocycles. The summed E-state index contributed by atoms with van der Waals surface area (Å²) in [6.45, 7) is 5.11. The second-order valence-corrected chi connectivity index (χ2v) is 5.13. The molecule has 2 rings (SSSR count). The molecule has 1 aromatic rings. The van der Waals surface area contributed by atoms with Gasteiger partial charge < -0.3 is 5.73 Å². The molecule has 0 spiro atoms. The maximum absolute atomic E-state index is 13.8. The predicted octanol–water partition coefficient (Wildman–Crippen LogP) is 3.03. The van der Waals surface area contributed by atoms with Crippen LogP contribution in [0.1, 0.15) is 31.7 Å². The number of likely N-dealkylation sites (tertiary alicyclic amines) is 1. The number of halogens is 1. The molecule has 94 valence electrons. The SMILES string of the molecule is CC1CCCN(Cc2cccc(N)c2F)CC1. The average Bonchev–Trinajstić information content (AvgIpc) is 2.50. The standard InChI is InChI=1S/C14H21FN2/c1-11-4-3-8-17(9-7-11)10-12-5-2-6-13(16)14(12)15/h2,5-6,11H,3-4,7-10,16H2,1H3. The van der Waals surface area contributed by atoms with E-state index in [9.17, 15) is 4.39 Å². The van der Waals surface area contributed by atoms with Crippen molar-refractivity contribution in [3.63, 3.8) is 0 Å². The number of hydrogen-bond acceptors (Lipinski definition) is 2. The highest BCUT2D eigenvalue weighted by Gasteiger charge is 2.15. The molecule has 0 radical (unpaired) electrons. The fourth-order valence-corrected chi connectivity index (χ4v) is 2.44. The first-order valence-electron chi connectivity index (χ1n) is 6.42. The number of rotatable bonds is 2. The van der Waals surface area contributed by atoms with E-state index in [1.807, 2.05) is 12.1 Å². The highest BCUT2D eigenvalue weighted by Crippen LogP contribution is 2.20. The molecule has 2 N–H and O–H groups in total. The molecule has 1 heterocycles. The third-order valence-corrected chi connectivity index (χ3v) is 3.61. The number of anilines is 1. The smallest absolute Gasteiger partial charge is 0.150 e. The Bertz CT molecular complexity index is 378. The first-order valence-corrected chi connectivity index (χ1v) is 6.42. The van der Waals surface area contributed by atoms with Crippen LogP contribution in [0.2, 0.25) is 0 Å². The van der Waals surface area contributed by atoms with Crippen molar-refractivity contribution >= 4 is 5.69 Å². The molecule has 1 fully saturated rings. The zero-order valence-electron chi connectivity index (χ0n) is 10.5. The van der Waals surface area contributed by atoms with E-state index in [-0.39, 0.29) is 11.5 Å². The zero-order chi connectivity index (χ0) is 12.3. The van der Waals surface area contributed by atoms with Crippen LogP contribution in [0.25, 0.3) is 0 Å². The first-order chi connectivity index (χ1) is 8.16. The molecule has 2 nitrogen and oxygen atoms in total. The van der Waals surface area contributed by atoms with Crippen molar-refractivity contribution in [2.45, 2.75) is 32.7 Å². The van der Waals surface area contributed by atoms with Gasteiger partial charge in [0.2, 0.25) is 0 Å². The lowest BCUT2D eigenvalue weighted by Gasteiger charge is -2.20. The average molecular weight is 236 g/mol. The van der Waals surface area contributed by atoms with Crippen LogP contribution < -0.4 is 5.73 Å². The van der Waals surface area contributed by atoms with Crippen LogP contribution >= 0.6 is 0 Å². The van der Waals surface area contributed by atoms with E-state index in [0.717, 1.165) is 24.6 Å². The van der Waals surface area contributed by atoms with Crippen molar-refractivity contribution in [1.29, 1.82) is 0 Å². The van der Waals surface area contributed by atoms with Gasteiger partial charge in [0.15, 0.2) is 5.82 Å². The predicted molar refractivity (Wildman–Crippen MR) is 69.1 cm³/mol.